The Morgan fingerprint density at radius 2 is 1.92 bits per heavy atom. The summed E-state index contributed by atoms with van der Waals surface area (Å²) in [6.07, 6.45) is -0.308. The molecule has 0 saturated carbocycles. The third kappa shape index (κ3) is 4.87. The van der Waals surface area contributed by atoms with Crippen LogP contribution in [0.2, 0.25) is 0 Å². The van der Waals surface area contributed by atoms with E-state index in [0.29, 0.717) is 11.3 Å². The minimum absolute atomic E-state index is 0.0978. The van der Waals surface area contributed by atoms with Gasteiger partial charge in [-0.05, 0) is 42.0 Å². The molecule has 2 rings (SSSR count). The molecule has 26 heavy (non-hydrogen) atoms. The summed E-state index contributed by atoms with van der Waals surface area (Å²) in [7, 11) is -2.68. The van der Waals surface area contributed by atoms with E-state index < -0.39 is 16.0 Å². The second kappa shape index (κ2) is 8.22. The predicted octanol–water partition coefficient (Wildman–Crippen LogP) is 2.03. The van der Waals surface area contributed by atoms with Crippen LogP contribution < -0.4 is 14.2 Å². The van der Waals surface area contributed by atoms with Gasteiger partial charge in [0.2, 0.25) is 0 Å². The number of aliphatic carboxylic acids is 1. The first-order valence-corrected chi connectivity index (χ1v) is 8.85. The predicted molar refractivity (Wildman–Crippen MR) is 92.7 cm³/mol. The van der Waals surface area contributed by atoms with Gasteiger partial charge in [-0.15, -0.1) is 0 Å². The summed E-state index contributed by atoms with van der Waals surface area (Å²) < 4.78 is 37.9. The number of methoxy groups -OCH3 is 1. The Balaban J connectivity index is 2.28. The second-order valence-corrected chi connectivity index (χ2v) is 6.78. The number of carbonyl (C=O) groups is 1. The van der Waals surface area contributed by atoms with Crippen molar-refractivity contribution in [3.05, 3.63) is 48.0 Å². The van der Waals surface area contributed by atoms with Crippen molar-refractivity contribution in [3.8, 4) is 17.6 Å². The molecular formula is C17H16N2O6S. The summed E-state index contributed by atoms with van der Waals surface area (Å²) >= 11 is 0. The number of nitrogens with zero attached hydrogens (tertiary/aromatic N) is 1. The molecule has 9 heteroatoms. The molecule has 0 aromatic heterocycles. The van der Waals surface area contributed by atoms with Crippen molar-refractivity contribution in [1.82, 2.24) is 0 Å². The van der Waals surface area contributed by atoms with Crippen LogP contribution in [0, 0.1) is 11.3 Å². The van der Waals surface area contributed by atoms with E-state index in [1.807, 2.05) is 6.07 Å². The monoisotopic (exact) mass is 376 g/mol. The average molecular weight is 376 g/mol. The van der Waals surface area contributed by atoms with Gasteiger partial charge < -0.3 is 14.6 Å². The Hall–Kier alpha value is -3.25. The van der Waals surface area contributed by atoms with Crippen LogP contribution in [0.3, 0.4) is 0 Å². The summed E-state index contributed by atoms with van der Waals surface area (Å²) in [6.45, 7) is -0.112. The first-order valence-electron chi connectivity index (χ1n) is 7.37. The summed E-state index contributed by atoms with van der Waals surface area (Å²) in [5.74, 6) is -0.546. The summed E-state index contributed by atoms with van der Waals surface area (Å²) in [6, 6.07) is 12.0. The van der Waals surface area contributed by atoms with Crippen LogP contribution >= 0.6 is 0 Å². The van der Waals surface area contributed by atoms with E-state index in [-0.39, 0.29) is 29.4 Å². The highest BCUT2D eigenvalue weighted by molar-refractivity contribution is 7.92. The van der Waals surface area contributed by atoms with E-state index in [4.69, 9.17) is 19.8 Å². The minimum atomic E-state index is -4.01. The maximum Gasteiger partial charge on any atom is 0.307 e. The number of nitrogens with one attached hydrogen (secondary N) is 1. The molecule has 136 valence electrons. The van der Waals surface area contributed by atoms with E-state index in [1.54, 1.807) is 0 Å². The number of hydrogen-bond donors (Lipinski definition) is 2. The van der Waals surface area contributed by atoms with Crippen LogP contribution in [-0.2, 0) is 21.2 Å². The van der Waals surface area contributed by atoms with Gasteiger partial charge in [-0.3, -0.25) is 9.52 Å². The topological polar surface area (TPSA) is 126 Å². The molecule has 0 aliphatic carbocycles. The van der Waals surface area contributed by atoms with E-state index in [2.05, 4.69) is 4.72 Å². The van der Waals surface area contributed by atoms with Gasteiger partial charge in [0.25, 0.3) is 10.0 Å². The molecule has 0 heterocycles. The van der Waals surface area contributed by atoms with Crippen molar-refractivity contribution < 1.29 is 27.8 Å². The lowest BCUT2D eigenvalue weighted by Crippen LogP contribution is -2.15. The maximum absolute atomic E-state index is 12.7. The molecule has 2 aromatic rings. The lowest BCUT2D eigenvalue weighted by Gasteiger charge is -2.13. The zero-order valence-electron chi connectivity index (χ0n) is 13.8. The fourth-order valence-corrected chi connectivity index (χ4v) is 3.44. The number of benzene rings is 2. The fraction of sp³-hybridized carbons (Fsp3) is 0.176. The average Bonchev–Trinajstić information content (AvgIpc) is 2.60. The summed E-state index contributed by atoms with van der Waals surface area (Å²) in [5.41, 5.74) is 0.610. The van der Waals surface area contributed by atoms with Crippen molar-refractivity contribution in [2.45, 2.75) is 11.3 Å². The van der Waals surface area contributed by atoms with Gasteiger partial charge in [0.15, 0.2) is 6.61 Å². The molecule has 0 atom stereocenters. The standard InChI is InChI=1S/C17H16N2O6S/c1-24-15-7-2-12(11-17(20)21)10-16(15)26(22,23)19-13-3-5-14(6-4-13)25-9-8-18/h2-7,10,19H,9,11H2,1H3,(H,20,21). The lowest BCUT2D eigenvalue weighted by molar-refractivity contribution is -0.136. The Bertz CT molecular complexity index is 933. The van der Waals surface area contributed by atoms with Crippen molar-refractivity contribution in [2.75, 3.05) is 18.4 Å². The number of rotatable bonds is 8. The molecule has 0 unspecified atom stereocenters. The van der Waals surface area contributed by atoms with E-state index in [1.165, 1.54) is 49.6 Å². The third-order valence-corrected chi connectivity index (χ3v) is 4.69. The van der Waals surface area contributed by atoms with Crippen LogP contribution in [0.15, 0.2) is 47.4 Å². The molecule has 2 aromatic carbocycles. The number of sulfonamides is 1. The molecule has 0 radical (unpaired) electrons. The van der Waals surface area contributed by atoms with Crippen LogP contribution in [0.4, 0.5) is 5.69 Å². The van der Waals surface area contributed by atoms with Gasteiger partial charge in [-0.2, -0.15) is 5.26 Å². The van der Waals surface area contributed by atoms with E-state index in [9.17, 15) is 13.2 Å². The molecule has 0 amide bonds. The van der Waals surface area contributed by atoms with Crippen LogP contribution in [-0.4, -0.2) is 33.2 Å². The Morgan fingerprint density at radius 3 is 2.50 bits per heavy atom. The number of carboxylic acid groups (broad SMARTS) is 1. The maximum atomic E-state index is 12.7. The van der Waals surface area contributed by atoms with Gasteiger partial charge in [0.1, 0.15) is 22.5 Å². The Labute approximate surface area is 150 Å². The number of ether oxygens (including phenoxy) is 2. The first kappa shape index (κ1) is 19.1. The fourth-order valence-electron chi connectivity index (χ4n) is 2.16. The number of hydrogen-bond acceptors (Lipinski definition) is 6. The van der Waals surface area contributed by atoms with E-state index in [0.717, 1.165) is 0 Å². The van der Waals surface area contributed by atoms with Crippen molar-refractivity contribution in [3.63, 3.8) is 0 Å². The molecule has 0 aliphatic rings. The normalized spacial score (nSPS) is 10.6. The van der Waals surface area contributed by atoms with Crippen LogP contribution in [0.25, 0.3) is 0 Å². The van der Waals surface area contributed by atoms with Crippen LogP contribution in [0.1, 0.15) is 5.56 Å². The van der Waals surface area contributed by atoms with Gasteiger partial charge in [-0.1, -0.05) is 6.07 Å². The highest BCUT2D eigenvalue weighted by Crippen LogP contribution is 2.27. The quantitative estimate of drug-likeness (QED) is 0.722. The number of nitriles is 1. The highest BCUT2D eigenvalue weighted by atomic mass is 32.2. The SMILES string of the molecule is COc1ccc(CC(=O)O)cc1S(=O)(=O)Nc1ccc(OCC#N)cc1. The molecule has 2 N–H and O–H groups in total. The van der Waals surface area contributed by atoms with Gasteiger partial charge in [0.05, 0.1) is 13.5 Å². The third-order valence-electron chi connectivity index (χ3n) is 3.28. The smallest absolute Gasteiger partial charge is 0.307 e. The first-order chi connectivity index (χ1) is 12.4. The summed E-state index contributed by atoms with van der Waals surface area (Å²) in [4.78, 5) is 10.7. The molecule has 0 saturated heterocycles. The van der Waals surface area contributed by atoms with E-state index >= 15 is 0 Å². The molecule has 0 fully saturated rings. The molecular weight excluding hydrogens is 360 g/mol. The largest absolute Gasteiger partial charge is 0.495 e. The van der Waals surface area contributed by atoms with Gasteiger partial charge >= 0.3 is 5.97 Å². The second-order valence-electron chi connectivity index (χ2n) is 5.13. The van der Waals surface area contributed by atoms with Gasteiger partial charge in [-0.25, -0.2) is 8.42 Å². The molecule has 0 aliphatic heterocycles. The minimum Gasteiger partial charge on any atom is -0.495 e. The zero-order valence-corrected chi connectivity index (χ0v) is 14.6. The molecule has 0 spiro atoms. The zero-order chi connectivity index (χ0) is 19.2. The van der Waals surface area contributed by atoms with Crippen LogP contribution in [0.5, 0.6) is 11.5 Å². The molecule has 8 nitrogen and oxygen atoms in total. The highest BCUT2D eigenvalue weighted by Gasteiger charge is 2.21. The summed E-state index contributed by atoms with van der Waals surface area (Å²) in [5, 5.41) is 17.4. The van der Waals surface area contributed by atoms with Crippen molar-refractivity contribution in [2.24, 2.45) is 0 Å². The van der Waals surface area contributed by atoms with Crippen molar-refractivity contribution >= 4 is 21.7 Å². The van der Waals surface area contributed by atoms with Crippen molar-refractivity contribution in [1.29, 1.82) is 5.26 Å². The number of carboxylic acids is 1. The lowest BCUT2D eigenvalue weighted by atomic mass is 10.1. The Morgan fingerprint density at radius 1 is 1.23 bits per heavy atom. The number of anilines is 1. The molecule has 0 bridgehead atoms. The Kier molecular flexibility index (Phi) is 6.03. The van der Waals surface area contributed by atoms with Gasteiger partial charge in [0, 0.05) is 5.69 Å².